The van der Waals surface area contributed by atoms with Crippen LogP contribution in [0.2, 0.25) is 0 Å². The van der Waals surface area contributed by atoms with E-state index in [0.29, 0.717) is 25.9 Å². The lowest BCUT2D eigenvalue weighted by atomic mass is 9.92. The van der Waals surface area contributed by atoms with Crippen LogP contribution in [0.1, 0.15) is 31.4 Å². The molecule has 0 radical (unpaired) electrons. The van der Waals surface area contributed by atoms with E-state index in [1.807, 2.05) is 30.3 Å². The molecular weight excluding hydrogens is 232 g/mol. The first-order valence-electron chi connectivity index (χ1n) is 6.06. The summed E-state index contributed by atoms with van der Waals surface area (Å²) in [6, 6.07) is 9.31. The summed E-state index contributed by atoms with van der Waals surface area (Å²) in [5, 5.41) is 0. The number of ether oxygens (including phenoxy) is 2. The van der Waals surface area contributed by atoms with Gasteiger partial charge in [0.2, 0.25) is 0 Å². The molecule has 0 aliphatic heterocycles. The lowest BCUT2D eigenvalue weighted by Gasteiger charge is -2.24. The molecule has 0 bridgehead atoms. The van der Waals surface area contributed by atoms with Crippen LogP contribution >= 0.6 is 0 Å². The van der Waals surface area contributed by atoms with Gasteiger partial charge in [0.15, 0.2) is 0 Å². The van der Waals surface area contributed by atoms with Crippen LogP contribution in [0.3, 0.4) is 0 Å². The summed E-state index contributed by atoms with van der Waals surface area (Å²) in [5.74, 6) is -0.277. The van der Waals surface area contributed by atoms with Crippen LogP contribution in [0.15, 0.2) is 30.3 Å². The number of carbonyl (C=O) groups excluding carboxylic acids is 2. The minimum absolute atomic E-state index is 0.277. The average Bonchev–Trinajstić information content (AvgIpc) is 3.19. The first-order valence-corrected chi connectivity index (χ1v) is 6.06. The molecule has 1 unspecified atom stereocenters. The fraction of sp³-hybridized carbons (Fsp3) is 0.429. The first-order chi connectivity index (χ1) is 8.74. The van der Waals surface area contributed by atoms with Gasteiger partial charge in [0.05, 0.1) is 6.61 Å². The lowest BCUT2D eigenvalue weighted by molar-refractivity contribution is -0.159. The maximum Gasteiger partial charge on any atom is 0.316 e. The van der Waals surface area contributed by atoms with Crippen molar-refractivity contribution in [2.45, 2.75) is 25.9 Å². The number of esters is 1. The van der Waals surface area contributed by atoms with Crippen LogP contribution in [0.5, 0.6) is 0 Å². The second-order valence-electron chi connectivity index (χ2n) is 4.40. The monoisotopic (exact) mass is 248 g/mol. The summed E-state index contributed by atoms with van der Waals surface area (Å²) in [7, 11) is 0. The van der Waals surface area contributed by atoms with Gasteiger partial charge in [-0.3, -0.25) is 9.59 Å². The van der Waals surface area contributed by atoms with Crippen molar-refractivity contribution in [3.8, 4) is 0 Å². The maximum absolute atomic E-state index is 12.0. The van der Waals surface area contributed by atoms with Gasteiger partial charge in [0.25, 0.3) is 6.47 Å². The molecule has 1 aliphatic rings. The molecule has 0 N–H and O–H groups in total. The molecule has 0 amide bonds. The van der Waals surface area contributed by atoms with E-state index in [1.54, 1.807) is 6.92 Å². The molecule has 0 saturated heterocycles. The third-order valence-electron chi connectivity index (χ3n) is 3.27. The number of benzene rings is 1. The van der Waals surface area contributed by atoms with Gasteiger partial charge >= 0.3 is 5.97 Å². The Morgan fingerprint density at radius 1 is 1.39 bits per heavy atom. The Balaban J connectivity index is 2.26. The minimum Gasteiger partial charge on any atom is -0.465 e. The van der Waals surface area contributed by atoms with Gasteiger partial charge < -0.3 is 9.47 Å². The number of carbonyl (C=O) groups is 2. The Hall–Kier alpha value is -1.84. The highest BCUT2D eigenvalue weighted by atomic mass is 16.5. The van der Waals surface area contributed by atoms with Gasteiger partial charge in [-0.15, -0.1) is 0 Å². The van der Waals surface area contributed by atoms with Crippen molar-refractivity contribution < 1.29 is 19.1 Å². The molecule has 1 aromatic carbocycles. The van der Waals surface area contributed by atoms with Gasteiger partial charge in [0, 0.05) is 0 Å². The fourth-order valence-corrected chi connectivity index (χ4v) is 2.19. The molecule has 0 heterocycles. The highest BCUT2D eigenvalue weighted by Gasteiger charge is 2.59. The Bertz CT molecular complexity index is 423. The highest BCUT2D eigenvalue weighted by Crippen LogP contribution is 2.57. The lowest BCUT2D eigenvalue weighted by Crippen LogP contribution is -2.28. The Morgan fingerprint density at radius 2 is 2.06 bits per heavy atom. The maximum atomic E-state index is 12.0. The third kappa shape index (κ3) is 2.23. The van der Waals surface area contributed by atoms with Crippen molar-refractivity contribution in [2.24, 2.45) is 5.41 Å². The van der Waals surface area contributed by atoms with Crippen molar-refractivity contribution in [2.75, 3.05) is 6.61 Å². The topological polar surface area (TPSA) is 52.6 Å². The van der Waals surface area contributed by atoms with E-state index in [1.165, 1.54) is 0 Å². The molecule has 18 heavy (non-hydrogen) atoms. The summed E-state index contributed by atoms with van der Waals surface area (Å²) < 4.78 is 10.2. The van der Waals surface area contributed by atoms with E-state index in [-0.39, 0.29) is 5.97 Å². The Morgan fingerprint density at radius 3 is 2.56 bits per heavy atom. The molecule has 0 aromatic heterocycles. The van der Waals surface area contributed by atoms with E-state index < -0.39 is 11.5 Å². The summed E-state index contributed by atoms with van der Waals surface area (Å²) in [6.07, 6.45) is 0.841. The van der Waals surface area contributed by atoms with Gasteiger partial charge in [-0.25, -0.2) is 0 Å². The molecule has 1 atom stereocenters. The van der Waals surface area contributed by atoms with Crippen molar-refractivity contribution in [3.05, 3.63) is 35.9 Å². The van der Waals surface area contributed by atoms with Gasteiger partial charge in [-0.2, -0.15) is 0 Å². The van der Waals surface area contributed by atoms with Crippen molar-refractivity contribution in [3.63, 3.8) is 0 Å². The average molecular weight is 248 g/mol. The Kier molecular flexibility index (Phi) is 3.65. The number of hydrogen-bond donors (Lipinski definition) is 0. The zero-order valence-corrected chi connectivity index (χ0v) is 10.3. The molecule has 0 spiro atoms. The zero-order valence-electron chi connectivity index (χ0n) is 10.3. The van der Waals surface area contributed by atoms with Crippen LogP contribution in [-0.4, -0.2) is 19.0 Å². The molecule has 1 aromatic rings. The fourth-order valence-electron chi connectivity index (χ4n) is 2.19. The molecular formula is C14H16O4. The van der Waals surface area contributed by atoms with Crippen molar-refractivity contribution in [1.29, 1.82) is 0 Å². The summed E-state index contributed by atoms with van der Waals surface area (Å²) in [6.45, 7) is 2.51. The summed E-state index contributed by atoms with van der Waals surface area (Å²) in [5.41, 5.74) is 0.147. The second-order valence-corrected chi connectivity index (χ2v) is 4.40. The SMILES string of the molecule is CCOC(=O)C1(C(OC=O)c2ccccc2)CC1. The van der Waals surface area contributed by atoms with Crippen LogP contribution in [-0.2, 0) is 19.1 Å². The molecule has 2 rings (SSSR count). The molecule has 4 heteroatoms. The number of hydrogen-bond acceptors (Lipinski definition) is 4. The largest absolute Gasteiger partial charge is 0.465 e. The van der Waals surface area contributed by atoms with E-state index in [0.717, 1.165) is 5.56 Å². The van der Waals surface area contributed by atoms with E-state index in [4.69, 9.17) is 9.47 Å². The predicted octanol–water partition coefficient (Wildman–Crippen LogP) is 2.24. The highest BCUT2D eigenvalue weighted by molar-refractivity contribution is 5.81. The van der Waals surface area contributed by atoms with Gasteiger partial charge in [-0.05, 0) is 25.3 Å². The Labute approximate surface area is 106 Å². The van der Waals surface area contributed by atoms with Crippen LogP contribution in [0.4, 0.5) is 0 Å². The van der Waals surface area contributed by atoms with Crippen LogP contribution < -0.4 is 0 Å². The molecule has 1 aliphatic carbocycles. The number of rotatable bonds is 6. The van der Waals surface area contributed by atoms with Crippen molar-refractivity contribution in [1.82, 2.24) is 0 Å². The summed E-state index contributed by atoms with van der Waals surface area (Å²) in [4.78, 5) is 22.7. The van der Waals surface area contributed by atoms with Crippen LogP contribution in [0, 0.1) is 5.41 Å². The predicted molar refractivity (Wildman–Crippen MR) is 64.6 cm³/mol. The normalized spacial score (nSPS) is 17.6. The van der Waals surface area contributed by atoms with Crippen LogP contribution in [0.25, 0.3) is 0 Å². The molecule has 1 saturated carbocycles. The van der Waals surface area contributed by atoms with E-state index in [9.17, 15) is 9.59 Å². The van der Waals surface area contributed by atoms with Gasteiger partial charge in [-0.1, -0.05) is 30.3 Å². The van der Waals surface area contributed by atoms with Gasteiger partial charge in [0.1, 0.15) is 11.5 Å². The molecule has 1 fully saturated rings. The first kappa shape index (κ1) is 12.6. The second kappa shape index (κ2) is 5.21. The quantitative estimate of drug-likeness (QED) is 0.572. The van der Waals surface area contributed by atoms with E-state index in [2.05, 4.69) is 0 Å². The molecule has 96 valence electrons. The zero-order chi connectivity index (χ0) is 13.0. The minimum atomic E-state index is -0.682. The third-order valence-corrected chi connectivity index (χ3v) is 3.27. The molecule has 4 nitrogen and oxygen atoms in total. The standard InChI is InChI=1S/C14H16O4/c1-2-17-13(16)14(8-9-14)12(18-10-15)11-6-4-3-5-7-11/h3-7,10,12H,2,8-9H2,1H3. The van der Waals surface area contributed by atoms with E-state index >= 15 is 0 Å². The summed E-state index contributed by atoms with van der Waals surface area (Å²) >= 11 is 0. The van der Waals surface area contributed by atoms with Crippen molar-refractivity contribution >= 4 is 12.4 Å². The smallest absolute Gasteiger partial charge is 0.316 e.